The van der Waals surface area contributed by atoms with Gasteiger partial charge in [-0.25, -0.2) is 13.8 Å². The Bertz CT molecular complexity index is 1540. The van der Waals surface area contributed by atoms with Crippen LogP contribution >= 0.6 is 11.3 Å². The molecule has 2 atom stereocenters. The molecule has 3 aromatic carbocycles. The lowest BCUT2D eigenvalue weighted by Gasteiger charge is -2.25. The molecule has 2 amide bonds. The van der Waals surface area contributed by atoms with Gasteiger partial charge in [0.15, 0.2) is 0 Å². The molecule has 2 unspecified atom stereocenters. The van der Waals surface area contributed by atoms with Crippen LogP contribution in [0, 0.1) is 18.6 Å². The van der Waals surface area contributed by atoms with Crippen molar-refractivity contribution in [2.75, 3.05) is 20.7 Å². The number of rotatable bonds is 13. The number of amides is 2. The third kappa shape index (κ3) is 9.15. The van der Waals surface area contributed by atoms with E-state index in [1.165, 1.54) is 22.3 Å². The summed E-state index contributed by atoms with van der Waals surface area (Å²) in [6.07, 6.45) is -1.14. The number of aryl methyl sites for hydroxylation is 1. The first-order valence-corrected chi connectivity index (χ1v) is 14.5. The monoisotopic (exact) mass is 608 g/mol. The quantitative estimate of drug-likeness (QED) is 0.207. The van der Waals surface area contributed by atoms with Gasteiger partial charge in [-0.15, -0.1) is 11.3 Å². The minimum Gasteiger partial charge on any atom is -0.497 e. The van der Waals surface area contributed by atoms with E-state index in [4.69, 9.17) is 4.74 Å². The molecular weight excluding hydrogens is 574 g/mol. The summed E-state index contributed by atoms with van der Waals surface area (Å²) in [5.74, 6) is -1.64. The minimum absolute atomic E-state index is 0.0307. The normalized spacial score (nSPS) is 12.4. The highest BCUT2D eigenvalue weighted by atomic mass is 32.1. The van der Waals surface area contributed by atoms with E-state index in [1.54, 1.807) is 32.4 Å². The van der Waals surface area contributed by atoms with Gasteiger partial charge in [0.25, 0.3) is 11.8 Å². The average molecular weight is 609 g/mol. The number of nitrogens with zero attached hydrogens (tertiary/aromatic N) is 2. The van der Waals surface area contributed by atoms with E-state index in [-0.39, 0.29) is 30.0 Å². The van der Waals surface area contributed by atoms with Crippen LogP contribution in [0.1, 0.15) is 42.5 Å². The summed E-state index contributed by atoms with van der Waals surface area (Å²) in [5, 5.41) is 19.7. The van der Waals surface area contributed by atoms with Gasteiger partial charge in [0.05, 0.1) is 25.8 Å². The van der Waals surface area contributed by atoms with Crippen LogP contribution in [0.3, 0.4) is 0 Å². The number of nitrogens with one attached hydrogen (secondary N) is 2. The van der Waals surface area contributed by atoms with Crippen LogP contribution in [0.5, 0.6) is 5.75 Å². The second kappa shape index (κ2) is 14.8. The molecule has 43 heavy (non-hydrogen) atoms. The predicted molar refractivity (Wildman–Crippen MR) is 161 cm³/mol. The van der Waals surface area contributed by atoms with Gasteiger partial charge in [-0.1, -0.05) is 18.2 Å². The molecule has 3 N–H and O–H groups in total. The number of ether oxygens (including phenoxy) is 1. The first-order chi connectivity index (χ1) is 20.6. The average Bonchev–Trinajstić information content (AvgIpc) is 3.40. The summed E-state index contributed by atoms with van der Waals surface area (Å²) >= 11 is 1.47. The van der Waals surface area contributed by atoms with Crippen LogP contribution in [0.2, 0.25) is 0 Å². The number of thiazole rings is 1. The molecule has 4 rings (SSSR count). The third-order valence-electron chi connectivity index (χ3n) is 6.73. The largest absolute Gasteiger partial charge is 0.497 e. The standard InChI is InChI=1S/C32H34F2N4O4S/c1-20-19-43-30(36-20)18-38(2)32(41)24-8-5-7-23(14-24)31(40)37-28(13-22-10-25(33)15-26(34)11-22)29(39)17-35-16-21-6-4-9-27(12-21)42-3/h4-12,14-15,19,28-29,35,39H,13,16-18H2,1-3H3,(H,37,40). The van der Waals surface area contributed by atoms with Gasteiger partial charge in [-0.2, -0.15) is 0 Å². The van der Waals surface area contributed by atoms with Crippen molar-refractivity contribution >= 4 is 23.2 Å². The van der Waals surface area contributed by atoms with Crippen molar-refractivity contribution in [2.24, 2.45) is 0 Å². The molecule has 1 heterocycles. The minimum atomic E-state index is -1.11. The Morgan fingerprint density at radius 1 is 1.02 bits per heavy atom. The SMILES string of the molecule is COc1cccc(CNCC(O)C(Cc2cc(F)cc(F)c2)NC(=O)c2cccc(C(=O)N(C)Cc3nc(C)cs3)c2)c1. The molecule has 0 spiro atoms. The summed E-state index contributed by atoms with van der Waals surface area (Å²) in [5.41, 5.74) is 2.60. The fraction of sp³-hybridized carbons (Fsp3) is 0.281. The molecule has 0 aliphatic carbocycles. The zero-order valence-electron chi connectivity index (χ0n) is 24.1. The van der Waals surface area contributed by atoms with Crippen molar-refractivity contribution in [3.05, 3.63) is 117 Å². The van der Waals surface area contributed by atoms with Crippen LogP contribution in [0.25, 0.3) is 0 Å². The maximum absolute atomic E-state index is 13.9. The zero-order valence-corrected chi connectivity index (χ0v) is 25.0. The van der Waals surface area contributed by atoms with Crippen molar-refractivity contribution < 1.29 is 28.2 Å². The maximum Gasteiger partial charge on any atom is 0.253 e. The van der Waals surface area contributed by atoms with Crippen LogP contribution in [0.4, 0.5) is 8.78 Å². The summed E-state index contributed by atoms with van der Waals surface area (Å²) < 4.78 is 33.1. The van der Waals surface area contributed by atoms with Crippen molar-refractivity contribution in [3.63, 3.8) is 0 Å². The van der Waals surface area contributed by atoms with E-state index in [1.807, 2.05) is 36.6 Å². The number of aromatic nitrogens is 1. The highest BCUT2D eigenvalue weighted by Gasteiger charge is 2.24. The Balaban J connectivity index is 1.46. The van der Waals surface area contributed by atoms with Gasteiger partial charge in [0.1, 0.15) is 22.4 Å². The molecule has 0 radical (unpaired) electrons. The van der Waals surface area contributed by atoms with Gasteiger partial charge in [-0.05, 0) is 66.9 Å². The molecule has 0 fully saturated rings. The smallest absolute Gasteiger partial charge is 0.253 e. The fourth-order valence-electron chi connectivity index (χ4n) is 4.57. The number of hydrogen-bond donors (Lipinski definition) is 3. The lowest BCUT2D eigenvalue weighted by atomic mass is 9.99. The molecule has 0 bridgehead atoms. The molecule has 8 nitrogen and oxygen atoms in total. The highest BCUT2D eigenvalue weighted by Crippen LogP contribution is 2.16. The van der Waals surface area contributed by atoms with Gasteiger partial charge in [0, 0.05) is 48.4 Å². The maximum atomic E-state index is 13.9. The molecule has 1 aromatic heterocycles. The van der Waals surface area contributed by atoms with E-state index in [9.17, 15) is 23.5 Å². The van der Waals surface area contributed by atoms with E-state index in [2.05, 4.69) is 15.6 Å². The number of carbonyl (C=O) groups excluding carboxylic acids is 2. The van der Waals surface area contributed by atoms with Gasteiger partial charge in [0.2, 0.25) is 0 Å². The molecule has 226 valence electrons. The molecule has 0 aliphatic rings. The Kier molecular flexibility index (Phi) is 10.9. The second-order valence-corrected chi connectivity index (χ2v) is 11.2. The fourth-order valence-corrected chi connectivity index (χ4v) is 5.39. The van der Waals surface area contributed by atoms with Crippen LogP contribution in [0.15, 0.2) is 72.1 Å². The number of hydrogen-bond acceptors (Lipinski definition) is 7. The van der Waals surface area contributed by atoms with Gasteiger partial charge >= 0.3 is 0 Å². The Morgan fingerprint density at radius 2 is 1.74 bits per heavy atom. The van der Waals surface area contributed by atoms with Crippen molar-refractivity contribution in [3.8, 4) is 5.75 Å². The zero-order chi connectivity index (χ0) is 30.9. The second-order valence-electron chi connectivity index (χ2n) is 10.2. The number of aliphatic hydroxyl groups excluding tert-OH is 1. The molecule has 0 saturated heterocycles. The first kappa shape index (κ1) is 31.7. The number of aliphatic hydroxyl groups is 1. The molecular formula is C32H34F2N4O4S. The lowest BCUT2D eigenvalue weighted by molar-refractivity contribution is 0.0784. The highest BCUT2D eigenvalue weighted by molar-refractivity contribution is 7.09. The van der Waals surface area contributed by atoms with E-state index in [0.29, 0.717) is 24.4 Å². The summed E-state index contributed by atoms with van der Waals surface area (Å²) in [6.45, 7) is 2.71. The van der Waals surface area contributed by atoms with E-state index < -0.39 is 29.7 Å². The number of methoxy groups -OCH3 is 1. The Hall–Kier alpha value is -4.19. The first-order valence-electron chi connectivity index (χ1n) is 13.7. The van der Waals surface area contributed by atoms with Crippen molar-refractivity contribution in [1.82, 2.24) is 20.5 Å². The third-order valence-corrected chi connectivity index (χ3v) is 7.68. The van der Waals surface area contributed by atoms with Crippen molar-refractivity contribution in [2.45, 2.75) is 38.6 Å². The Labute approximate surface area is 253 Å². The number of benzene rings is 3. The number of halogens is 2. The number of carbonyl (C=O) groups is 2. The molecule has 0 aliphatic heterocycles. The van der Waals surface area contributed by atoms with Gasteiger partial charge in [-0.3, -0.25) is 9.59 Å². The summed E-state index contributed by atoms with van der Waals surface area (Å²) in [4.78, 5) is 32.3. The summed E-state index contributed by atoms with van der Waals surface area (Å²) in [6, 6.07) is 15.9. The molecule has 0 saturated carbocycles. The molecule has 4 aromatic rings. The Morgan fingerprint density at radius 3 is 2.44 bits per heavy atom. The van der Waals surface area contributed by atoms with Crippen LogP contribution in [-0.4, -0.2) is 59.7 Å². The van der Waals surface area contributed by atoms with Gasteiger partial charge < -0.3 is 25.4 Å². The van der Waals surface area contributed by atoms with Crippen LogP contribution in [-0.2, 0) is 19.5 Å². The van der Waals surface area contributed by atoms with Crippen LogP contribution < -0.4 is 15.4 Å². The predicted octanol–water partition coefficient (Wildman–Crippen LogP) is 4.50. The van der Waals surface area contributed by atoms with Crippen molar-refractivity contribution in [1.29, 1.82) is 0 Å². The van der Waals surface area contributed by atoms with E-state index >= 15 is 0 Å². The van der Waals surface area contributed by atoms with E-state index in [0.717, 1.165) is 34.5 Å². The lowest BCUT2D eigenvalue weighted by Crippen LogP contribution is -2.48. The topological polar surface area (TPSA) is 104 Å². The molecule has 11 heteroatoms. The summed E-state index contributed by atoms with van der Waals surface area (Å²) in [7, 11) is 3.24.